The molecule has 0 saturated heterocycles. The molecule has 1 aliphatic carbocycles. The summed E-state index contributed by atoms with van der Waals surface area (Å²) in [6.45, 7) is 1.95. The van der Waals surface area contributed by atoms with Crippen LogP contribution in [-0.4, -0.2) is 14.9 Å². The second-order valence-corrected chi connectivity index (χ2v) is 6.32. The molecule has 1 aromatic heterocycles. The Morgan fingerprint density at radius 2 is 1.95 bits per heavy atom. The summed E-state index contributed by atoms with van der Waals surface area (Å²) in [5, 5.41) is 15.9. The summed E-state index contributed by atoms with van der Waals surface area (Å²) in [5.74, 6) is 0.362. The van der Waals surface area contributed by atoms with Crippen LogP contribution < -0.4 is 0 Å². The van der Waals surface area contributed by atoms with Crippen LogP contribution in [0.5, 0.6) is 0 Å². The van der Waals surface area contributed by atoms with Gasteiger partial charge in [0.15, 0.2) is 0 Å². The third kappa shape index (κ3) is 2.99. The van der Waals surface area contributed by atoms with Crippen molar-refractivity contribution in [3.63, 3.8) is 0 Å². The standard InChI is InChI=1S/C17H21ClN2O/c1-12-14(17(21)13-7-3-2-4-8-13)11-20(19-12)16-10-6-5-9-15(16)18/h5-6,9-11,13,17,21H,2-4,7-8H2,1H3. The first-order valence-electron chi connectivity index (χ1n) is 7.66. The van der Waals surface area contributed by atoms with Crippen LogP contribution in [0.25, 0.3) is 5.69 Å². The molecule has 0 radical (unpaired) electrons. The average Bonchev–Trinajstić information content (AvgIpc) is 2.89. The molecule has 1 fully saturated rings. The zero-order valence-corrected chi connectivity index (χ0v) is 13.1. The number of nitrogens with zero attached hydrogens (tertiary/aromatic N) is 2. The van der Waals surface area contributed by atoms with E-state index in [0.717, 1.165) is 29.8 Å². The van der Waals surface area contributed by atoms with Crippen molar-refractivity contribution in [3.8, 4) is 5.69 Å². The van der Waals surface area contributed by atoms with Gasteiger partial charge in [0.2, 0.25) is 0 Å². The van der Waals surface area contributed by atoms with Crippen molar-refractivity contribution in [2.24, 2.45) is 5.92 Å². The molecule has 1 atom stereocenters. The van der Waals surface area contributed by atoms with Gasteiger partial charge in [0, 0.05) is 11.8 Å². The number of aromatic nitrogens is 2. The van der Waals surface area contributed by atoms with Crippen LogP contribution in [-0.2, 0) is 0 Å². The van der Waals surface area contributed by atoms with Crippen LogP contribution in [0.2, 0.25) is 5.02 Å². The zero-order valence-electron chi connectivity index (χ0n) is 12.3. The van der Waals surface area contributed by atoms with E-state index in [0.29, 0.717) is 10.9 Å². The average molecular weight is 305 g/mol. The minimum Gasteiger partial charge on any atom is -0.388 e. The molecule has 0 spiro atoms. The molecule has 1 N–H and O–H groups in total. The number of benzene rings is 1. The molecule has 1 aromatic carbocycles. The smallest absolute Gasteiger partial charge is 0.0851 e. The quantitative estimate of drug-likeness (QED) is 0.910. The van der Waals surface area contributed by atoms with E-state index in [2.05, 4.69) is 5.10 Å². The van der Waals surface area contributed by atoms with Crippen LogP contribution in [0, 0.1) is 12.8 Å². The fourth-order valence-corrected chi connectivity index (χ4v) is 3.45. The van der Waals surface area contributed by atoms with Crippen molar-refractivity contribution >= 4 is 11.6 Å². The first-order valence-corrected chi connectivity index (χ1v) is 8.04. The van der Waals surface area contributed by atoms with E-state index in [-0.39, 0.29) is 0 Å². The van der Waals surface area contributed by atoms with Crippen molar-refractivity contribution in [1.82, 2.24) is 9.78 Å². The highest BCUT2D eigenvalue weighted by Crippen LogP contribution is 2.35. The molecule has 1 heterocycles. The monoisotopic (exact) mass is 304 g/mol. The minimum absolute atomic E-state index is 0.362. The second kappa shape index (κ2) is 6.20. The molecule has 112 valence electrons. The van der Waals surface area contributed by atoms with E-state index in [1.165, 1.54) is 19.3 Å². The summed E-state index contributed by atoms with van der Waals surface area (Å²) in [5.41, 5.74) is 2.67. The normalized spacial score (nSPS) is 17.9. The SMILES string of the molecule is Cc1nn(-c2ccccc2Cl)cc1C(O)C1CCCCC1. The zero-order chi connectivity index (χ0) is 14.8. The molecule has 0 aliphatic heterocycles. The van der Waals surface area contributed by atoms with Crippen LogP contribution in [0.3, 0.4) is 0 Å². The number of rotatable bonds is 3. The summed E-state index contributed by atoms with van der Waals surface area (Å²) < 4.78 is 1.78. The molecule has 3 rings (SSSR count). The Kier molecular flexibility index (Phi) is 4.32. The molecule has 1 saturated carbocycles. The van der Waals surface area contributed by atoms with E-state index < -0.39 is 6.10 Å². The first-order chi connectivity index (χ1) is 10.2. The van der Waals surface area contributed by atoms with Gasteiger partial charge < -0.3 is 5.11 Å². The van der Waals surface area contributed by atoms with Crippen LogP contribution >= 0.6 is 11.6 Å². The molecule has 1 unspecified atom stereocenters. The van der Waals surface area contributed by atoms with Gasteiger partial charge in [-0.3, -0.25) is 0 Å². The molecule has 21 heavy (non-hydrogen) atoms. The summed E-state index contributed by atoms with van der Waals surface area (Å²) in [7, 11) is 0. The van der Waals surface area contributed by atoms with Gasteiger partial charge in [-0.15, -0.1) is 0 Å². The fraction of sp³-hybridized carbons (Fsp3) is 0.471. The van der Waals surface area contributed by atoms with Gasteiger partial charge in [-0.2, -0.15) is 5.10 Å². The maximum Gasteiger partial charge on any atom is 0.0851 e. The topological polar surface area (TPSA) is 38.0 Å². The summed E-state index contributed by atoms with van der Waals surface area (Å²) >= 11 is 6.23. The molecular weight excluding hydrogens is 284 g/mol. The van der Waals surface area contributed by atoms with Crippen molar-refractivity contribution in [1.29, 1.82) is 0 Å². The molecule has 2 aromatic rings. The lowest BCUT2D eigenvalue weighted by molar-refractivity contribution is 0.0843. The van der Waals surface area contributed by atoms with Gasteiger partial charge in [0.1, 0.15) is 0 Å². The Morgan fingerprint density at radius 3 is 2.67 bits per heavy atom. The minimum atomic E-state index is -0.415. The summed E-state index contributed by atoms with van der Waals surface area (Å²) in [6.07, 6.45) is 7.47. The van der Waals surface area contributed by atoms with Gasteiger partial charge in [0.25, 0.3) is 0 Å². The van der Waals surface area contributed by atoms with Crippen LogP contribution in [0.15, 0.2) is 30.5 Å². The van der Waals surface area contributed by atoms with Crippen molar-refractivity contribution in [3.05, 3.63) is 46.7 Å². The lowest BCUT2D eigenvalue weighted by Crippen LogP contribution is -2.16. The van der Waals surface area contributed by atoms with E-state index in [1.54, 1.807) is 4.68 Å². The van der Waals surface area contributed by atoms with Crippen LogP contribution in [0.1, 0.15) is 49.5 Å². The summed E-state index contributed by atoms with van der Waals surface area (Å²) in [4.78, 5) is 0. The highest BCUT2D eigenvalue weighted by molar-refractivity contribution is 6.32. The molecule has 0 bridgehead atoms. The maximum absolute atomic E-state index is 10.7. The van der Waals surface area contributed by atoms with E-state index in [1.807, 2.05) is 37.4 Å². The Balaban J connectivity index is 1.89. The van der Waals surface area contributed by atoms with Gasteiger partial charge in [-0.25, -0.2) is 4.68 Å². The second-order valence-electron chi connectivity index (χ2n) is 5.91. The van der Waals surface area contributed by atoms with Crippen molar-refractivity contribution < 1.29 is 5.11 Å². The van der Waals surface area contributed by atoms with E-state index in [9.17, 15) is 5.11 Å². The van der Waals surface area contributed by atoms with E-state index in [4.69, 9.17) is 11.6 Å². The van der Waals surface area contributed by atoms with Gasteiger partial charge in [-0.1, -0.05) is 43.0 Å². The first kappa shape index (κ1) is 14.6. The third-order valence-corrected chi connectivity index (χ3v) is 4.77. The molecule has 4 heteroatoms. The van der Waals surface area contributed by atoms with Gasteiger partial charge in [0.05, 0.1) is 22.5 Å². The molecule has 3 nitrogen and oxygen atoms in total. The largest absolute Gasteiger partial charge is 0.388 e. The number of aliphatic hydroxyl groups excluding tert-OH is 1. The summed E-state index contributed by atoms with van der Waals surface area (Å²) in [6, 6.07) is 7.63. The number of aliphatic hydroxyl groups is 1. The number of para-hydroxylation sites is 1. The maximum atomic E-state index is 10.7. The lowest BCUT2D eigenvalue weighted by Gasteiger charge is -2.26. The van der Waals surface area contributed by atoms with Crippen molar-refractivity contribution in [2.45, 2.75) is 45.1 Å². The Morgan fingerprint density at radius 1 is 1.24 bits per heavy atom. The lowest BCUT2D eigenvalue weighted by atomic mass is 9.83. The highest BCUT2D eigenvalue weighted by atomic mass is 35.5. The third-order valence-electron chi connectivity index (χ3n) is 4.45. The molecule has 1 aliphatic rings. The Hall–Kier alpha value is -1.32. The molecular formula is C17H21ClN2O. The predicted molar refractivity (Wildman–Crippen MR) is 84.8 cm³/mol. The fourth-order valence-electron chi connectivity index (χ4n) is 3.23. The predicted octanol–water partition coefficient (Wildman–Crippen LogP) is 4.45. The Labute approximate surface area is 130 Å². The molecule has 0 amide bonds. The van der Waals surface area contributed by atoms with Crippen molar-refractivity contribution in [2.75, 3.05) is 0 Å². The van der Waals surface area contributed by atoms with Gasteiger partial charge in [-0.05, 0) is 37.8 Å². The van der Waals surface area contributed by atoms with Crippen LogP contribution in [0.4, 0.5) is 0 Å². The number of hydrogen-bond donors (Lipinski definition) is 1. The van der Waals surface area contributed by atoms with Gasteiger partial charge >= 0.3 is 0 Å². The number of halogens is 1. The highest BCUT2D eigenvalue weighted by Gasteiger charge is 2.26. The Bertz CT molecular complexity index is 617. The number of aryl methyl sites for hydroxylation is 1. The number of hydrogen-bond acceptors (Lipinski definition) is 2. The van der Waals surface area contributed by atoms with E-state index >= 15 is 0 Å².